The lowest BCUT2D eigenvalue weighted by molar-refractivity contribution is -0.108. The van der Waals surface area contributed by atoms with Crippen LogP contribution in [0.5, 0.6) is 0 Å². The van der Waals surface area contributed by atoms with E-state index in [4.69, 9.17) is 0 Å². The van der Waals surface area contributed by atoms with E-state index in [1.807, 2.05) is 30.4 Å². The Kier molecular flexibility index (Phi) is 3.03. The van der Waals surface area contributed by atoms with E-state index in [1.165, 1.54) is 0 Å². The van der Waals surface area contributed by atoms with Crippen LogP contribution in [0, 0.1) is 6.92 Å². The second kappa shape index (κ2) is 4.25. The lowest BCUT2D eigenvalue weighted by Crippen LogP contribution is -2.27. The minimum Gasteiger partial charge on any atom is -0.307 e. The number of hydrogen-bond acceptors (Lipinski definition) is 2. The minimum atomic E-state index is -0.524. The number of hydrogen-bond donors (Lipinski definition) is 2. The molecule has 0 unspecified atom stereocenters. The maximum Gasteiger partial charge on any atom is 0.325 e. The number of carbonyl (C=O) groups excluding carboxylic acids is 2. The van der Waals surface area contributed by atoms with Crippen molar-refractivity contribution in [3.63, 3.8) is 0 Å². The molecule has 0 aliphatic heterocycles. The molecule has 4 heteroatoms. The van der Waals surface area contributed by atoms with Crippen molar-refractivity contribution in [3.05, 3.63) is 29.8 Å². The highest BCUT2D eigenvalue weighted by Gasteiger charge is 2.00. The van der Waals surface area contributed by atoms with E-state index >= 15 is 0 Å². The standard InChI is InChI=1S/C9H10N2O2/c1-7-4-2-3-5-8(7)11-9(13)10-6-12/h2-6H,1H3,(H2,10,11,12,13). The highest BCUT2D eigenvalue weighted by atomic mass is 16.2. The summed E-state index contributed by atoms with van der Waals surface area (Å²) in [5.74, 6) is 0. The Balaban J connectivity index is 2.68. The van der Waals surface area contributed by atoms with E-state index in [-0.39, 0.29) is 0 Å². The van der Waals surface area contributed by atoms with E-state index in [0.29, 0.717) is 12.1 Å². The fourth-order valence-electron chi connectivity index (χ4n) is 0.925. The molecule has 0 radical (unpaired) electrons. The molecule has 0 heterocycles. The van der Waals surface area contributed by atoms with Crippen LogP contribution in [0.25, 0.3) is 0 Å². The average molecular weight is 178 g/mol. The van der Waals surface area contributed by atoms with Gasteiger partial charge in [-0.25, -0.2) is 4.79 Å². The average Bonchev–Trinajstić information content (AvgIpc) is 2.09. The van der Waals surface area contributed by atoms with Gasteiger partial charge < -0.3 is 5.32 Å². The van der Waals surface area contributed by atoms with E-state index in [9.17, 15) is 9.59 Å². The van der Waals surface area contributed by atoms with Crippen molar-refractivity contribution < 1.29 is 9.59 Å². The van der Waals surface area contributed by atoms with Crippen LogP contribution in [0.3, 0.4) is 0 Å². The summed E-state index contributed by atoms with van der Waals surface area (Å²) in [4.78, 5) is 20.8. The molecule has 3 amide bonds. The Morgan fingerprint density at radius 1 is 1.38 bits per heavy atom. The lowest BCUT2D eigenvalue weighted by atomic mass is 10.2. The predicted molar refractivity (Wildman–Crippen MR) is 49.4 cm³/mol. The quantitative estimate of drug-likeness (QED) is 0.670. The van der Waals surface area contributed by atoms with Gasteiger partial charge in [-0.15, -0.1) is 0 Å². The van der Waals surface area contributed by atoms with Crippen molar-refractivity contribution >= 4 is 18.1 Å². The number of anilines is 1. The van der Waals surface area contributed by atoms with Gasteiger partial charge in [0.25, 0.3) is 0 Å². The number of carbonyl (C=O) groups is 2. The Morgan fingerprint density at radius 2 is 2.08 bits per heavy atom. The maximum absolute atomic E-state index is 10.9. The zero-order valence-corrected chi connectivity index (χ0v) is 7.20. The van der Waals surface area contributed by atoms with E-state index in [1.54, 1.807) is 6.07 Å². The Hall–Kier alpha value is -1.84. The van der Waals surface area contributed by atoms with Crippen molar-refractivity contribution in [2.45, 2.75) is 6.92 Å². The maximum atomic E-state index is 10.9. The van der Waals surface area contributed by atoms with Gasteiger partial charge in [-0.05, 0) is 18.6 Å². The summed E-state index contributed by atoms with van der Waals surface area (Å²) in [6.07, 6.45) is 0.341. The second-order valence-electron chi connectivity index (χ2n) is 2.53. The second-order valence-corrected chi connectivity index (χ2v) is 2.53. The van der Waals surface area contributed by atoms with Crippen LogP contribution in [0.1, 0.15) is 5.56 Å². The number of amides is 3. The molecule has 0 aliphatic carbocycles. The minimum absolute atomic E-state index is 0.341. The number of nitrogens with one attached hydrogen (secondary N) is 2. The number of urea groups is 1. The molecule has 0 fully saturated rings. The van der Waals surface area contributed by atoms with Crippen LogP contribution in [-0.2, 0) is 4.79 Å². The molecule has 13 heavy (non-hydrogen) atoms. The van der Waals surface area contributed by atoms with Gasteiger partial charge in [0.05, 0.1) is 0 Å². The van der Waals surface area contributed by atoms with E-state index in [0.717, 1.165) is 5.56 Å². The first-order valence-corrected chi connectivity index (χ1v) is 3.81. The zero-order chi connectivity index (χ0) is 9.68. The molecular formula is C9H10N2O2. The molecule has 4 nitrogen and oxygen atoms in total. The molecule has 0 aliphatic rings. The van der Waals surface area contributed by atoms with E-state index in [2.05, 4.69) is 5.32 Å². The SMILES string of the molecule is Cc1ccccc1NC(=O)NC=O. The topological polar surface area (TPSA) is 58.2 Å². The van der Waals surface area contributed by atoms with Crippen molar-refractivity contribution in [2.75, 3.05) is 5.32 Å². The van der Waals surface area contributed by atoms with Gasteiger partial charge in [-0.1, -0.05) is 18.2 Å². The fraction of sp³-hybridized carbons (Fsp3) is 0.111. The smallest absolute Gasteiger partial charge is 0.307 e. The molecule has 1 aromatic carbocycles. The molecule has 0 spiro atoms. The van der Waals surface area contributed by atoms with Crippen molar-refractivity contribution in [3.8, 4) is 0 Å². The summed E-state index contributed by atoms with van der Waals surface area (Å²) in [6.45, 7) is 1.87. The molecule has 0 bridgehead atoms. The first kappa shape index (κ1) is 9.25. The first-order valence-electron chi connectivity index (χ1n) is 3.81. The van der Waals surface area contributed by atoms with Gasteiger partial charge in [-0.2, -0.15) is 0 Å². The molecular weight excluding hydrogens is 168 g/mol. The van der Waals surface area contributed by atoms with Gasteiger partial charge in [0.1, 0.15) is 0 Å². The molecule has 0 saturated heterocycles. The molecule has 1 aromatic rings. The molecule has 0 atom stereocenters. The summed E-state index contributed by atoms with van der Waals surface area (Å²) < 4.78 is 0. The highest BCUT2D eigenvalue weighted by molar-refractivity contribution is 5.95. The fourth-order valence-corrected chi connectivity index (χ4v) is 0.925. The zero-order valence-electron chi connectivity index (χ0n) is 7.20. The van der Waals surface area contributed by atoms with Crippen LogP contribution in [0.4, 0.5) is 10.5 Å². The van der Waals surface area contributed by atoms with Crippen LogP contribution in [-0.4, -0.2) is 12.4 Å². The van der Waals surface area contributed by atoms with Crippen molar-refractivity contribution in [2.24, 2.45) is 0 Å². The third-order valence-corrected chi connectivity index (χ3v) is 1.58. The molecule has 0 aromatic heterocycles. The molecule has 68 valence electrons. The van der Waals surface area contributed by atoms with E-state index < -0.39 is 6.03 Å². The molecule has 2 N–H and O–H groups in total. The predicted octanol–water partition coefficient (Wildman–Crippen LogP) is 1.27. The monoisotopic (exact) mass is 178 g/mol. The molecule has 0 saturated carbocycles. The number of rotatable bonds is 2. The van der Waals surface area contributed by atoms with Gasteiger partial charge in [0.15, 0.2) is 0 Å². The van der Waals surface area contributed by atoms with Crippen LogP contribution >= 0.6 is 0 Å². The normalized spacial score (nSPS) is 9.00. The van der Waals surface area contributed by atoms with Crippen molar-refractivity contribution in [1.29, 1.82) is 0 Å². The summed E-state index contributed by atoms with van der Waals surface area (Å²) in [5, 5.41) is 4.52. The highest BCUT2D eigenvalue weighted by Crippen LogP contribution is 2.12. The third kappa shape index (κ3) is 2.59. The van der Waals surface area contributed by atoms with Gasteiger partial charge in [0, 0.05) is 5.69 Å². The van der Waals surface area contributed by atoms with Gasteiger partial charge in [0.2, 0.25) is 6.41 Å². The van der Waals surface area contributed by atoms with Crippen LogP contribution in [0.15, 0.2) is 24.3 Å². The third-order valence-electron chi connectivity index (χ3n) is 1.58. The van der Waals surface area contributed by atoms with Crippen LogP contribution < -0.4 is 10.6 Å². The molecule has 1 rings (SSSR count). The van der Waals surface area contributed by atoms with Gasteiger partial charge in [-0.3, -0.25) is 10.1 Å². The largest absolute Gasteiger partial charge is 0.325 e. The Labute approximate surface area is 75.9 Å². The number of benzene rings is 1. The summed E-state index contributed by atoms with van der Waals surface area (Å²) in [5.41, 5.74) is 1.64. The lowest BCUT2D eigenvalue weighted by Gasteiger charge is -2.05. The number of para-hydroxylation sites is 1. The summed E-state index contributed by atoms with van der Waals surface area (Å²) in [7, 11) is 0. The first-order chi connectivity index (χ1) is 6.24. The Morgan fingerprint density at radius 3 is 2.69 bits per heavy atom. The van der Waals surface area contributed by atoms with Crippen LogP contribution in [0.2, 0.25) is 0 Å². The van der Waals surface area contributed by atoms with Crippen molar-refractivity contribution in [1.82, 2.24) is 5.32 Å². The summed E-state index contributed by atoms with van der Waals surface area (Å²) in [6, 6.07) is 6.79. The Bertz CT molecular complexity index is 323. The summed E-state index contributed by atoms with van der Waals surface area (Å²) >= 11 is 0. The van der Waals surface area contributed by atoms with Gasteiger partial charge >= 0.3 is 6.03 Å². The number of imide groups is 1. The number of aryl methyl sites for hydroxylation is 1.